The van der Waals surface area contributed by atoms with E-state index >= 15 is 0 Å². The lowest BCUT2D eigenvalue weighted by Gasteiger charge is -2.00. The summed E-state index contributed by atoms with van der Waals surface area (Å²) < 4.78 is 4.54. The first-order chi connectivity index (χ1) is 7.20. The quantitative estimate of drug-likeness (QED) is 0.693. The number of fused-ring (bicyclic) bond motifs is 1. The molecule has 0 fully saturated rings. The lowest BCUT2D eigenvalue weighted by Crippen LogP contribution is -2.04. The first-order valence-corrected chi connectivity index (χ1v) is 4.59. The average Bonchev–Trinajstić information content (AvgIpc) is 2.27. The van der Waals surface area contributed by atoms with Crippen molar-refractivity contribution in [3.8, 4) is 0 Å². The smallest absolute Gasteiger partial charge is 0.358 e. The Balaban J connectivity index is 2.59. The standard InChI is InChI=1S/C10H7ClN2O2/c1-15-10(14)9-5-12-7-3-2-6(11)4-8(7)13-9/h2-5H,1H3. The van der Waals surface area contributed by atoms with Crippen LogP contribution < -0.4 is 0 Å². The number of ether oxygens (including phenoxy) is 1. The Hall–Kier alpha value is -1.68. The van der Waals surface area contributed by atoms with Gasteiger partial charge in [0.05, 0.1) is 24.3 Å². The molecule has 0 aliphatic heterocycles. The molecule has 1 aromatic carbocycles. The summed E-state index contributed by atoms with van der Waals surface area (Å²) in [6.07, 6.45) is 1.38. The van der Waals surface area contributed by atoms with E-state index in [0.717, 1.165) is 0 Å². The fraction of sp³-hybridized carbons (Fsp3) is 0.100. The molecule has 0 saturated carbocycles. The van der Waals surface area contributed by atoms with Crippen molar-refractivity contribution in [2.24, 2.45) is 0 Å². The number of methoxy groups -OCH3 is 1. The highest BCUT2D eigenvalue weighted by Gasteiger charge is 2.08. The van der Waals surface area contributed by atoms with Gasteiger partial charge in [-0.1, -0.05) is 11.6 Å². The number of halogens is 1. The molecule has 5 heteroatoms. The maximum atomic E-state index is 11.2. The topological polar surface area (TPSA) is 52.1 Å². The van der Waals surface area contributed by atoms with Crippen LogP contribution >= 0.6 is 11.6 Å². The van der Waals surface area contributed by atoms with Gasteiger partial charge in [-0.3, -0.25) is 4.98 Å². The molecule has 0 spiro atoms. The fourth-order valence-electron chi connectivity index (χ4n) is 1.19. The van der Waals surface area contributed by atoms with Gasteiger partial charge in [0.15, 0.2) is 5.69 Å². The van der Waals surface area contributed by atoms with Crippen molar-refractivity contribution < 1.29 is 9.53 Å². The van der Waals surface area contributed by atoms with Crippen molar-refractivity contribution in [3.63, 3.8) is 0 Å². The maximum Gasteiger partial charge on any atom is 0.358 e. The normalized spacial score (nSPS) is 10.3. The zero-order chi connectivity index (χ0) is 10.8. The monoisotopic (exact) mass is 222 g/mol. The van der Waals surface area contributed by atoms with Crippen LogP contribution in [0, 0.1) is 0 Å². The molecule has 0 amide bonds. The summed E-state index contributed by atoms with van der Waals surface area (Å²) in [7, 11) is 1.30. The minimum atomic E-state index is -0.510. The number of benzene rings is 1. The second-order valence-electron chi connectivity index (χ2n) is 2.88. The summed E-state index contributed by atoms with van der Waals surface area (Å²) in [5.41, 5.74) is 1.43. The van der Waals surface area contributed by atoms with Gasteiger partial charge in [-0.25, -0.2) is 9.78 Å². The molecule has 0 radical (unpaired) electrons. The molecular weight excluding hydrogens is 216 g/mol. The number of hydrogen-bond acceptors (Lipinski definition) is 4. The van der Waals surface area contributed by atoms with E-state index in [-0.39, 0.29) is 5.69 Å². The van der Waals surface area contributed by atoms with E-state index in [1.54, 1.807) is 18.2 Å². The van der Waals surface area contributed by atoms with E-state index in [9.17, 15) is 4.79 Å². The number of nitrogens with zero attached hydrogens (tertiary/aromatic N) is 2. The average molecular weight is 223 g/mol. The molecule has 2 rings (SSSR count). The number of aromatic nitrogens is 2. The highest BCUT2D eigenvalue weighted by molar-refractivity contribution is 6.31. The minimum Gasteiger partial charge on any atom is -0.464 e. The summed E-state index contributed by atoms with van der Waals surface area (Å²) >= 11 is 5.80. The SMILES string of the molecule is COC(=O)c1cnc2ccc(Cl)cc2n1. The minimum absolute atomic E-state index is 0.173. The number of rotatable bonds is 1. The van der Waals surface area contributed by atoms with Crippen molar-refractivity contribution >= 4 is 28.6 Å². The summed E-state index contributed by atoms with van der Waals surface area (Å²) in [5.74, 6) is -0.510. The van der Waals surface area contributed by atoms with E-state index in [2.05, 4.69) is 14.7 Å². The summed E-state index contributed by atoms with van der Waals surface area (Å²) in [6.45, 7) is 0. The Morgan fingerprint density at radius 3 is 2.93 bits per heavy atom. The molecular formula is C10H7ClN2O2. The molecule has 1 aromatic heterocycles. The number of esters is 1. The van der Waals surface area contributed by atoms with Crippen LogP contribution in [0.4, 0.5) is 0 Å². The molecule has 1 heterocycles. The first kappa shape index (κ1) is 9.86. The molecule has 76 valence electrons. The van der Waals surface area contributed by atoms with Crippen LogP contribution in [0.25, 0.3) is 11.0 Å². The van der Waals surface area contributed by atoms with Gasteiger partial charge in [0, 0.05) is 5.02 Å². The second kappa shape index (κ2) is 3.82. The predicted molar refractivity (Wildman–Crippen MR) is 55.9 cm³/mol. The van der Waals surface area contributed by atoms with Gasteiger partial charge in [0.2, 0.25) is 0 Å². The molecule has 0 N–H and O–H groups in total. The van der Waals surface area contributed by atoms with E-state index in [0.29, 0.717) is 16.1 Å². The molecule has 0 bridgehead atoms. The van der Waals surface area contributed by atoms with Crippen molar-refractivity contribution in [1.82, 2.24) is 9.97 Å². The second-order valence-corrected chi connectivity index (χ2v) is 3.32. The molecule has 15 heavy (non-hydrogen) atoms. The molecule has 4 nitrogen and oxygen atoms in total. The Bertz CT molecular complexity index is 528. The summed E-state index contributed by atoms with van der Waals surface area (Å²) in [4.78, 5) is 19.3. The van der Waals surface area contributed by atoms with Gasteiger partial charge in [0.1, 0.15) is 0 Å². The van der Waals surface area contributed by atoms with Crippen LogP contribution in [-0.2, 0) is 4.74 Å². The summed E-state index contributed by atoms with van der Waals surface area (Å²) in [5, 5.41) is 0.554. The predicted octanol–water partition coefficient (Wildman–Crippen LogP) is 2.07. The molecule has 0 saturated heterocycles. The fourth-order valence-corrected chi connectivity index (χ4v) is 1.35. The Morgan fingerprint density at radius 1 is 1.40 bits per heavy atom. The largest absolute Gasteiger partial charge is 0.464 e. The lowest BCUT2D eigenvalue weighted by molar-refractivity contribution is 0.0594. The van der Waals surface area contributed by atoms with Crippen LogP contribution in [-0.4, -0.2) is 23.0 Å². The summed E-state index contributed by atoms with van der Waals surface area (Å²) in [6, 6.07) is 5.11. The van der Waals surface area contributed by atoms with Crippen LogP contribution in [0.1, 0.15) is 10.5 Å². The Labute approximate surface area is 90.9 Å². The van der Waals surface area contributed by atoms with Crippen LogP contribution in [0.5, 0.6) is 0 Å². The molecule has 2 aromatic rings. The highest BCUT2D eigenvalue weighted by Crippen LogP contribution is 2.15. The van der Waals surface area contributed by atoms with E-state index < -0.39 is 5.97 Å². The van der Waals surface area contributed by atoms with Gasteiger partial charge in [-0.05, 0) is 18.2 Å². The third-order valence-electron chi connectivity index (χ3n) is 1.90. The van der Waals surface area contributed by atoms with Gasteiger partial charge in [-0.2, -0.15) is 0 Å². The molecule has 0 aliphatic rings. The zero-order valence-electron chi connectivity index (χ0n) is 7.90. The van der Waals surface area contributed by atoms with Gasteiger partial charge in [-0.15, -0.1) is 0 Å². The van der Waals surface area contributed by atoms with E-state index in [1.807, 2.05) is 0 Å². The van der Waals surface area contributed by atoms with Crippen LogP contribution in [0.3, 0.4) is 0 Å². The molecule has 0 unspecified atom stereocenters. The first-order valence-electron chi connectivity index (χ1n) is 4.21. The third kappa shape index (κ3) is 1.89. The van der Waals surface area contributed by atoms with Crippen molar-refractivity contribution in [2.45, 2.75) is 0 Å². The van der Waals surface area contributed by atoms with Crippen LogP contribution in [0.15, 0.2) is 24.4 Å². The van der Waals surface area contributed by atoms with Crippen molar-refractivity contribution in [1.29, 1.82) is 0 Å². The third-order valence-corrected chi connectivity index (χ3v) is 2.13. The lowest BCUT2D eigenvalue weighted by atomic mass is 10.3. The number of carbonyl (C=O) groups is 1. The number of carbonyl (C=O) groups excluding carboxylic acids is 1. The van der Waals surface area contributed by atoms with E-state index in [1.165, 1.54) is 13.3 Å². The van der Waals surface area contributed by atoms with Gasteiger partial charge >= 0.3 is 5.97 Å². The van der Waals surface area contributed by atoms with Crippen molar-refractivity contribution in [2.75, 3.05) is 7.11 Å². The molecule has 0 atom stereocenters. The Morgan fingerprint density at radius 2 is 2.20 bits per heavy atom. The van der Waals surface area contributed by atoms with E-state index in [4.69, 9.17) is 11.6 Å². The van der Waals surface area contributed by atoms with Gasteiger partial charge in [0.25, 0.3) is 0 Å². The maximum absolute atomic E-state index is 11.2. The van der Waals surface area contributed by atoms with Crippen molar-refractivity contribution in [3.05, 3.63) is 35.1 Å². The molecule has 0 aliphatic carbocycles. The van der Waals surface area contributed by atoms with Gasteiger partial charge < -0.3 is 4.74 Å². The Kier molecular flexibility index (Phi) is 2.51. The van der Waals surface area contributed by atoms with Crippen LogP contribution in [0.2, 0.25) is 5.02 Å². The zero-order valence-corrected chi connectivity index (χ0v) is 8.65. The number of hydrogen-bond donors (Lipinski definition) is 0. The highest BCUT2D eigenvalue weighted by atomic mass is 35.5.